The summed E-state index contributed by atoms with van der Waals surface area (Å²) < 4.78 is 5.93. The van der Waals surface area contributed by atoms with Crippen molar-refractivity contribution in [3.05, 3.63) is 94.7 Å². The van der Waals surface area contributed by atoms with Crippen LogP contribution in [0.5, 0.6) is 5.88 Å². The third kappa shape index (κ3) is 3.23. The van der Waals surface area contributed by atoms with Crippen molar-refractivity contribution in [3.63, 3.8) is 0 Å². The van der Waals surface area contributed by atoms with Crippen molar-refractivity contribution in [3.8, 4) is 5.88 Å². The second kappa shape index (κ2) is 7.68. The summed E-state index contributed by atoms with van der Waals surface area (Å²) >= 11 is 0. The molecule has 2 bridgehead atoms. The molecule has 1 N–H and O–H groups in total. The summed E-state index contributed by atoms with van der Waals surface area (Å²) in [6.45, 7) is 6.73. The first-order chi connectivity index (χ1) is 16.0. The normalized spacial score (nSPS) is 25.2. The van der Waals surface area contributed by atoms with Gasteiger partial charge in [0.1, 0.15) is 0 Å². The largest absolute Gasteiger partial charge is 0.475 e. The van der Waals surface area contributed by atoms with Gasteiger partial charge in [-0.2, -0.15) is 0 Å². The molecule has 4 nitrogen and oxygen atoms in total. The first-order valence-electron chi connectivity index (χ1n) is 12.3. The van der Waals surface area contributed by atoms with E-state index >= 15 is 0 Å². The van der Waals surface area contributed by atoms with Crippen LogP contribution >= 0.6 is 0 Å². The number of likely N-dealkylation sites (tertiary alicyclic amines) is 1. The summed E-state index contributed by atoms with van der Waals surface area (Å²) in [5.74, 6) is 1.09. The van der Waals surface area contributed by atoms with Crippen molar-refractivity contribution in [2.75, 3.05) is 19.6 Å². The van der Waals surface area contributed by atoms with Gasteiger partial charge in [-0.3, -0.25) is 0 Å². The number of ether oxygens (including phenoxy) is 1. The molecule has 1 saturated heterocycles. The summed E-state index contributed by atoms with van der Waals surface area (Å²) in [6, 6.07) is 22.0. The number of hydrogen-bond acceptors (Lipinski definition) is 4. The van der Waals surface area contributed by atoms with Gasteiger partial charge in [0.05, 0.1) is 11.7 Å². The van der Waals surface area contributed by atoms with E-state index in [2.05, 4.69) is 58.4 Å². The monoisotopic (exact) mass is 440 g/mol. The van der Waals surface area contributed by atoms with E-state index in [1.165, 1.54) is 28.7 Å². The average molecular weight is 441 g/mol. The fraction of sp³-hybridized carbons (Fsp3) is 0.414. The van der Waals surface area contributed by atoms with Gasteiger partial charge in [-0.1, -0.05) is 48.5 Å². The molecule has 6 rings (SSSR count). The van der Waals surface area contributed by atoms with Gasteiger partial charge in [-0.15, -0.1) is 0 Å². The molecule has 0 unspecified atom stereocenters. The molecule has 3 aliphatic rings. The highest BCUT2D eigenvalue weighted by Gasteiger charge is 2.53. The Hall–Kier alpha value is -2.69. The van der Waals surface area contributed by atoms with Crippen molar-refractivity contribution in [2.45, 2.75) is 56.1 Å². The molecule has 0 atom stereocenters. The third-order valence-corrected chi connectivity index (χ3v) is 8.05. The number of aliphatic hydroxyl groups is 1. The van der Waals surface area contributed by atoms with E-state index < -0.39 is 5.60 Å². The summed E-state index contributed by atoms with van der Waals surface area (Å²) in [7, 11) is 0. The number of rotatable bonds is 5. The first kappa shape index (κ1) is 20.9. The molecule has 0 amide bonds. The van der Waals surface area contributed by atoms with Crippen molar-refractivity contribution >= 4 is 0 Å². The number of aromatic nitrogens is 1. The zero-order chi connectivity index (χ0) is 22.6. The van der Waals surface area contributed by atoms with E-state index in [9.17, 15) is 5.11 Å². The molecule has 0 spiro atoms. The summed E-state index contributed by atoms with van der Waals surface area (Å²) in [4.78, 5) is 6.99. The average Bonchev–Trinajstić information content (AvgIpc) is 3.33. The zero-order valence-electron chi connectivity index (χ0n) is 19.5. The highest BCUT2D eigenvalue weighted by atomic mass is 16.5. The van der Waals surface area contributed by atoms with E-state index in [0.717, 1.165) is 25.2 Å². The van der Waals surface area contributed by atoms with Gasteiger partial charge < -0.3 is 14.7 Å². The number of piperidine rings is 1. The van der Waals surface area contributed by atoms with Crippen molar-refractivity contribution in [1.29, 1.82) is 0 Å². The number of pyridine rings is 1. The van der Waals surface area contributed by atoms with Gasteiger partial charge in [0.2, 0.25) is 5.88 Å². The Morgan fingerprint density at radius 1 is 0.939 bits per heavy atom. The fourth-order valence-corrected chi connectivity index (χ4v) is 6.60. The first-order valence-corrected chi connectivity index (χ1v) is 12.3. The SMILES string of the molecule is CC(C)Oc1ncccc1C1(O)CCN(CC23CC(c4ccccc42)c2ccccc23)CC1. The lowest BCUT2D eigenvalue weighted by Crippen LogP contribution is -2.48. The minimum Gasteiger partial charge on any atom is -0.475 e. The van der Waals surface area contributed by atoms with Crippen LogP contribution in [-0.2, 0) is 11.0 Å². The lowest BCUT2D eigenvalue weighted by Gasteiger charge is -2.43. The van der Waals surface area contributed by atoms with E-state index in [1.54, 1.807) is 6.20 Å². The molecule has 4 heteroatoms. The van der Waals surface area contributed by atoms with Crippen LogP contribution in [0.2, 0.25) is 0 Å². The Morgan fingerprint density at radius 2 is 1.55 bits per heavy atom. The maximum Gasteiger partial charge on any atom is 0.219 e. The minimum atomic E-state index is -0.893. The molecule has 0 saturated carbocycles. The molecule has 1 fully saturated rings. The van der Waals surface area contributed by atoms with E-state index in [4.69, 9.17) is 4.74 Å². The number of nitrogens with zero attached hydrogens (tertiary/aromatic N) is 2. The molecule has 1 aromatic heterocycles. The Kier molecular flexibility index (Phi) is 4.86. The van der Waals surface area contributed by atoms with Crippen LogP contribution in [0.1, 0.15) is 66.8 Å². The molecule has 3 aromatic rings. The topological polar surface area (TPSA) is 45.6 Å². The summed E-state index contributed by atoms with van der Waals surface area (Å²) in [6.07, 6.45) is 4.32. The Bertz CT molecular complexity index is 1130. The summed E-state index contributed by atoms with van der Waals surface area (Å²) in [5.41, 5.74) is 6.04. The van der Waals surface area contributed by atoms with Crippen molar-refractivity contribution in [1.82, 2.24) is 9.88 Å². The number of hydrogen-bond donors (Lipinski definition) is 1. The lowest BCUT2D eigenvalue weighted by atomic mass is 9.74. The molecule has 2 aromatic carbocycles. The standard InChI is InChI=1S/C29H32N2O2/c1-20(2)33-27-26(12-7-15-30-27)29(32)13-16-31(17-14-29)19-28-18-23(21-8-3-5-10-24(21)28)22-9-4-6-11-25(22)28/h3-12,15,20,23,32H,13-14,16-19H2,1-2H3. The van der Waals surface area contributed by atoms with Gasteiger partial charge in [-0.25, -0.2) is 4.98 Å². The molecule has 170 valence electrons. The van der Waals surface area contributed by atoms with Crippen LogP contribution in [0.15, 0.2) is 66.9 Å². The van der Waals surface area contributed by atoms with Crippen LogP contribution in [0.3, 0.4) is 0 Å². The van der Waals surface area contributed by atoms with E-state index in [0.29, 0.717) is 24.6 Å². The fourth-order valence-electron chi connectivity index (χ4n) is 6.60. The Morgan fingerprint density at radius 3 is 2.18 bits per heavy atom. The minimum absolute atomic E-state index is 0.0271. The van der Waals surface area contributed by atoms with Crippen LogP contribution in [-0.4, -0.2) is 40.7 Å². The second-order valence-corrected chi connectivity index (χ2v) is 10.3. The highest BCUT2D eigenvalue weighted by molar-refractivity contribution is 5.63. The maximum atomic E-state index is 11.6. The quantitative estimate of drug-likeness (QED) is 0.607. The molecular formula is C29H32N2O2. The predicted molar refractivity (Wildman–Crippen MR) is 130 cm³/mol. The van der Waals surface area contributed by atoms with Gasteiger partial charge in [-0.05, 0) is 67.5 Å². The maximum absolute atomic E-state index is 11.6. The van der Waals surface area contributed by atoms with Crippen molar-refractivity contribution in [2.24, 2.45) is 0 Å². The molecule has 2 heterocycles. The predicted octanol–water partition coefficient (Wildman–Crippen LogP) is 4.99. The number of benzene rings is 2. The van der Waals surface area contributed by atoms with E-state index in [-0.39, 0.29) is 11.5 Å². The molecule has 0 radical (unpaired) electrons. The Balaban J connectivity index is 1.26. The highest BCUT2D eigenvalue weighted by Crippen LogP contribution is 2.60. The number of fused-ring (bicyclic) bond motifs is 8. The van der Waals surface area contributed by atoms with Crippen LogP contribution in [0, 0.1) is 0 Å². The van der Waals surface area contributed by atoms with Gasteiger partial charge in [0.15, 0.2) is 0 Å². The zero-order valence-corrected chi connectivity index (χ0v) is 19.5. The Labute approximate surface area is 196 Å². The van der Waals surface area contributed by atoms with Gasteiger partial charge in [0.25, 0.3) is 0 Å². The third-order valence-electron chi connectivity index (χ3n) is 8.05. The van der Waals surface area contributed by atoms with Crippen LogP contribution < -0.4 is 4.74 Å². The van der Waals surface area contributed by atoms with Crippen LogP contribution in [0.25, 0.3) is 0 Å². The second-order valence-electron chi connectivity index (χ2n) is 10.3. The summed E-state index contributed by atoms with van der Waals surface area (Å²) in [5, 5.41) is 11.6. The van der Waals surface area contributed by atoms with Gasteiger partial charge in [0, 0.05) is 42.7 Å². The molecular weight excluding hydrogens is 408 g/mol. The molecule has 33 heavy (non-hydrogen) atoms. The van der Waals surface area contributed by atoms with Gasteiger partial charge >= 0.3 is 0 Å². The lowest BCUT2D eigenvalue weighted by molar-refractivity contribution is -0.0316. The smallest absolute Gasteiger partial charge is 0.219 e. The molecule has 1 aliphatic heterocycles. The molecule has 2 aliphatic carbocycles. The van der Waals surface area contributed by atoms with Crippen LogP contribution in [0.4, 0.5) is 0 Å². The van der Waals surface area contributed by atoms with E-state index in [1.807, 2.05) is 26.0 Å². The van der Waals surface area contributed by atoms with Crippen molar-refractivity contribution < 1.29 is 9.84 Å².